The van der Waals surface area contributed by atoms with E-state index in [0.717, 1.165) is 25.7 Å². The van der Waals surface area contributed by atoms with Crippen LogP contribution in [0.2, 0.25) is 0 Å². The lowest BCUT2D eigenvalue weighted by molar-refractivity contribution is -0.140. The van der Waals surface area contributed by atoms with E-state index >= 15 is 0 Å². The molecule has 4 nitrogen and oxygen atoms in total. The largest absolute Gasteiger partial charge is 0.494 e. The molecule has 0 unspecified atom stereocenters. The lowest BCUT2D eigenvalue weighted by Crippen LogP contribution is -2.26. The first-order chi connectivity index (χ1) is 14.8. The van der Waals surface area contributed by atoms with Crippen molar-refractivity contribution in [2.45, 2.75) is 51.9 Å². The second-order valence-electron chi connectivity index (χ2n) is 8.07. The fourth-order valence-electron chi connectivity index (χ4n) is 4.14. The first-order valence-electron chi connectivity index (χ1n) is 10.5. The molecule has 0 spiro atoms. The number of allylic oxidation sites excluding steroid dienone is 2. The van der Waals surface area contributed by atoms with Crippen LogP contribution in [0.5, 0.6) is 11.5 Å². The van der Waals surface area contributed by atoms with Gasteiger partial charge < -0.3 is 14.2 Å². The number of carbonyl (C=O) groups is 1. The quantitative estimate of drug-likeness (QED) is 0.298. The fraction of sp³-hybridized carbons (Fsp3) is 0.458. The molecular weight excluding hydrogens is 409 g/mol. The molecule has 0 bridgehead atoms. The molecular formula is C24H27F3O4. The van der Waals surface area contributed by atoms with Gasteiger partial charge >= 0.3 is 5.97 Å². The van der Waals surface area contributed by atoms with Crippen molar-refractivity contribution in [3.63, 3.8) is 0 Å². The minimum Gasteiger partial charge on any atom is -0.494 e. The van der Waals surface area contributed by atoms with Gasteiger partial charge in [0, 0.05) is 12.0 Å². The van der Waals surface area contributed by atoms with Crippen molar-refractivity contribution >= 4 is 5.97 Å². The summed E-state index contributed by atoms with van der Waals surface area (Å²) in [5, 5.41) is 0. The Kier molecular flexibility index (Phi) is 7.13. The molecule has 0 saturated heterocycles. The van der Waals surface area contributed by atoms with E-state index in [4.69, 9.17) is 14.2 Å². The van der Waals surface area contributed by atoms with Crippen molar-refractivity contribution in [3.8, 4) is 11.5 Å². The summed E-state index contributed by atoms with van der Waals surface area (Å²) in [6.45, 7) is 9.24. The minimum absolute atomic E-state index is 0.0149. The third kappa shape index (κ3) is 4.81. The molecule has 31 heavy (non-hydrogen) atoms. The highest BCUT2D eigenvalue weighted by molar-refractivity contribution is 5.75. The normalized spacial score (nSPS) is 22.3. The standard InChI is InChI=1S/C24H27F3O4/c1-5-6-15-7-9-16(10-8-15)24(28)30-18-12-17-11-13(2)22(19(25)14(3)29-4)31-23(17)21(27)20(18)26/h12,15-16H,2-3,5-11H2,1,4H3/b22-19-. The molecule has 1 fully saturated rings. The third-order valence-electron chi connectivity index (χ3n) is 5.91. The van der Waals surface area contributed by atoms with Crippen LogP contribution in [-0.2, 0) is 16.0 Å². The second-order valence-corrected chi connectivity index (χ2v) is 8.07. The summed E-state index contributed by atoms with van der Waals surface area (Å²) >= 11 is 0. The van der Waals surface area contributed by atoms with E-state index in [1.54, 1.807) is 0 Å². The fourth-order valence-corrected chi connectivity index (χ4v) is 4.14. The topological polar surface area (TPSA) is 44.8 Å². The Hall–Kier alpha value is -2.70. The van der Waals surface area contributed by atoms with Gasteiger partial charge in [0.05, 0.1) is 13.0 Å². The van der Waals surface area contributed by atoms with Crippen LogP contribution >= 0.6 is 0 Å². The van der Waals surface area contributed by atoms with Crippen LogP contribution in [0.15, 0.2) is 42.1 Å². The van der Waals surface area contributed by atoms with Crippen LogP contribution in [-0.4, -0.2) is 13.1 Å². The molecule has 0 aromatic heterocycles. The maximum atomic E-state index is 14.7. The molecule has 1 aliphatic heterocycles. The average Bonchev–Trinajstić information content (AvgIpc) is 2.76. The molecule has 7 heteroatoms. The van der Waals surface area contributed by atoms with Gasteiger partial charge in [-0.25, -0.2) is 0 Å². The highest BCUT2D eigenvalue weighted by atomic mass is 19.2. The molecule has 1 saturated carbocycles. The highest BCUT2D eigenvalue weighted by Gasteiger charge is 2.32. The van der Waals surface area contributed by atoms with E-state index in [1.165, 1.54) is 13.2 Å². The molecule has 0 radical (unpaired) electrons. The van der Waals surface area contributed by atoms with Crippen molar-refractivity contribution in [1.82, 2.24) is 0 Å². The number of rotatable bonds is 6. The van der Waals surface area contributed by atoms with Crippen molar-refractivity contribution < 1.29 is 32.2 Å². The summed E-state index contributed by atoms with van der Waals surface area (Å²) in [4.78, 5) is 12.5. The number of methoxy groups -OCH3 is 1. The predicted molar refractivity (Wildman–Crippen MR) is 110 cm³/mol. The van der Waals surface area contributed by atoms with E-state index in [2.05, 4.69) is 20.1 Å². The van der Waals surface area contributed by atoms with Gasteiger partial charge in [0.25, 0.3) is 0 Å². The molecule has 1 aromatic rings. The van der Waals surface area contributed by atoms with Gasteiger partial charge in [0.15, 0.2) is 23.0 Å². The first kappa shape index (κ1) is 23.0. The van der Waals surface area contributed by atoms with Gasteiger partial charge in [-0.3, -0.25) is 4.79 Å². The number of hydrogen-bond acceptors (Lipinski definition) is 4. The summed E-state index contributed by atoms with van der Waals surface area (Å²) in [5.74, 6) is -5.61. The van der Waals surface area contributed by atoms with Crippen molar-refractivity contribution in [1.29, 1.82) is 0 Å². The van der Waals surface area contributed by atoms with E-state index in [9.17, 15) is 18.0 Å². The van der Waals surface area contributed by atoms with E-state index in [1.807, 2.05) is 0 Å². The number of hydrogen-bond donors (Lipinski definition) is 0. The Labute approximate surface area is 180 Å². The van der Waals surface area contributed by atoms with Crippen LogP contribution in [0.3, 0.4) is 0 Å². The van der Waals surface area contributed by atoms with Gasteiger partial charge in [-0.2, -0.15) is 13.2 Å². The zero-order valence-corrected chi connectivity index (χ0v) is 17.9. The van der Waals surface area contributed by atoms with E-state index in [0.29, 0.717) is 18.8 Å². The van der Waals surface area contributed by atoms with Gasteiger partial charge in [-0.15, -0.1) is 0 Å². The van der Waals surface area contributed by atoms with Crippen molar-refractivity contribution in [3.05, 3.63) is 59.3 Å². The predicted octanol–water partition coefficient (Wildman–Crippen LogP) is 6.31. The molecule has 1 aliphatic carbocycles. The number of fused-ring (bicyclic) bond motifs is 1. The molecule has 0 amide bonds. The van der Waals surface area contributed by atoms with E-state index in [-0.39, 0.29) is 35.0 Å². The second kappa shape index (κ2) is 9.62. The molecule has 168 valence electrons. The van der Waals surface area contributed by atoms with Gasteiger partial charge in [-0.1, -0.05) is 32.9 Å². The zero-order valence-electron chi connectivity index (χ0n) is 17.9. The minimum atomic E-state index is -1.36. The molecule has 3 rings (SSSR count). The summed E-state index contributed by atoms with van der Waals surface area (Å²) in [5.41, 5.74) is 0.402. The summed E-state index contributed by atoms with van der Waals surface area (Å²) in [7, 11) is 1.22. The Morgan fingerprint density at radius 3 is 2.52 bits per heavy atom. The molecule has 1 heterocycles. The summed E-state index contributed by atoms with van der Waals surface area (Å²) < 4.78 is 58.9. The van der Waals surface area contributed by atoms with Crippen LogP contribution in [0.1, 0.15) is 51.0 Å². The van der Waals surface area contributed by atoms with Crippen LogP contribution in [0, 0.1) is 23.5 Å². The first-order valence-corrected chi connectivity index (χ1v) is 10.5. The maximum Gasteiger partial charge on any atom is 0.314 e. The van der Waals surface area contributed by atoms with Crippen molar-refractivity contribution in [2.24, 2.45) is 11.8 Å². The molecule has 1 aromatic carbocycles. The highest BCUT2D eigenvalue weighted by Crippen LogP contribution is 2.41. The van der Waals surface area contributed by atoms with Gasteiger partial charge in [0.2, 0.25) is 17.5 Å². The monoisotopic (exact) mass is 436 g/mol. The van der Waals surface area contributed by atoms with Crippen LogP contribution in [0.4, 0.5) is 13.2 Å². The molecule has 0 N–H and O–H groups in total. The number of benzene rings is 1. The number of ether oxygens (including phenoxy) is 3. The molecule has 2 aliphatic rings. The van der Waals surface area contributed by atoms with Gasteiger partial charge in [-0.05, 0) is 43.2 Å². The Balaban J connectivity index is 1.79. The van der Waals surface area contributed by atoms with Crippen molar-refractivity contribution in [2.75, 3.05) is 7.11 Å². The molecule has 0 atom stereocenters. The van der Waals surface area contributed by atoms with Gasteiger partial charge in [0.1, 0.15) is 0 Å². The smallest absolute Gasteiger partial charge is 0.314 e. The third-order valence-corrected chi connectivity index (χ3v) is 5.91. The average molecular weight is 436 g/mol. The van der Waals surface area contributed by atoms with E-state index < -0.39 is 34.9 Å². The lowest BCUT2D eigenvalue weighted by atomic mass is 9.80. The summed E-state index contributed by atoms with van der Waals surface area (Å²) in [6, 6.07) is 1.21. The lowest BCUT2D eigenvalue weighted by Gasteiger charge is -2.27. The Morgan fingerprint density at radius 1 is 1.23 bits per heavy atom. The number of halogens is 3. The number of esters is 1. The maximum absolute atomic E-state index is 14.7. The number of carbonyl (C=O) groups excluding carboxylic acids is 1. The van der Waals surface area contributed by atoms with Crippen LogP contribution in [0.25, 0.3) is 0 Å². The Bertz CT molecular complexity index is 927. The zero-order chi connectivity index (χ0) is 22.7. The van der Waals surface area contributed by atoms with Crippen LogP contribution < -0.4 is 9.47 Å². The Morgan fingerprint density at radius 2 is 1.90 bits per heavy atom. The SMILES string of the molecule is C=C(OC)/C(F)=C1/Oc2c(cc(OC(=O)C3CCC(CCC)CC3)c(F)c2F)CC1=C. The summed E-state index contributed by atoms with van der Waals surface area (Å²) in [6.07, 6.45) is 5.42.